The Balaban J connectivity index is 2.38. The van der Waals surface area contributed by atoms with Crippen molar-refractivity contribution in [2.75, 3.05) is 11.9 Å². The molecule has 0 saturated carbocycles. The molecule has 1 aromatic carbocycles. The molecule has 1 atom stereocenters. The lowest BCUT2D eigenvalue weighted by molar-refractivity contribution is -0.139. The van der Waals surface area contributed by atoms with Gasteiger partial charge in [-0.05, 0) is 37.5 Å². The van der Waals surface area contributed by atoms with Gasteiger partial charge in [-0.15, -0.1) is 0 Å². The van der Waals surface area contributed by atoms with Crippen molar-refractivity contribution in [3.63, 3.8) is 0 Å². The van der Waals surface area contributed by atoms with E-state index >= 15 is 0 Å². The maximum absolute atomic E-state index is 13.2. The number of aryl methyl sites for hydroxylation is 1. The third kappa shape index (κ3) is 4.61. The van der Waals surface area contributed by atoms with Crippen LogP contribution in [0.3, 0.4) is 0 Å². The Kier molecular flexibility index (Phi) is 5.87. The van der Waals surface area contributed by atoms with Crippen LogP contribution in [-0.2, 0) is 12.6 Å². The van der Waals surface area contributed by atoms with Crippen LogP contribution >= 0.6 is 0 Å². The fourth-order valence-electron chi connectivity index (χ4n) is 2.15. The molecule has 4 nitrogen and oxygen atoms in total. The highest BCUT2D eigenvalue weighted by Gasteiger charge is 2.37. The summed E-state index contributed by atoms with van der Waals surface area (Å²) in [7, 11) is 1.70. The number of benzene rings is 1. The van der Waals surface area contributed by atoms with E-state index in [9.17, 15) is 13.2 Å². The molecule has 0 radical (unpaired) electrons. The Morgan fingerprint density at radius 1 is 1.16 bits per heavy atom. The van der Waals surface area contributed by atoms with Gasteiger partial charge in [0.15, 0.2) is 0 Å². The van der Waals surface area contributed by atoms with E-state index < -0.39 is 17.6 Å². The fourth-order valence-corrected chi connectivity index (χ4v) is 2.15. The number of halogens is 3. The van der Waals surface area contributed by atoms with Crippen LogP contribution in [0, 0.1) is 0 Å². The normalized spacial score (nSPS) is 12.8. The average Bonchev–Trinajstić information content (AvgIpc) is 2.60. The number of alkyl halides is 3. The Labute approximate surface area is 145 Å². The smallest absolute Gasteiger partial charge is 0.423 e. The van der Waals surface area contributed by atoms with Gasteiger partial charge in [0.25, 0.3) is 0 Å². The van der Waals surface area contributed by atoms with Gasteiger partial charge in [-0.2, -0.15) is 18.2 Å². The Morgan fingerprint density at radius 2 is 1.80 bits per heavy atom. The minimum Gasteiger partial charge on any atom is -0.474 e. The van der Waals surface area contributed by atoms with Gasteiger partial charge < -0.3 is 9.64 Å². The summed E-state index contributed by atoms with van der Waals surface area (Å²) in [5, 5.41) is 0. The van der Waals surface area contributed by atoms with Gasteiger partial charge in [0.2, 0.25) is 11.8 Å². The third-order valence-corrected chi connectivity index (χ3v) is 3.97. The van der Waals surface area contributed by atoms with Crippen molar-refractivity contribution in [2.24, 2.45) is 0 Å². The SMILES string of the molecule is CCc1ccc(N(C)c2ncc(C(F)(F)F)c(OC(C)CC)n2)cc1. The second-order valence-corrected chi connectivity index (χ2v) is 5.80. The lowest BCUT2D eigenvalue weighted by Crippen LogP contribution is -2.19. The number of ether oxygens (including phenoxy) is 1. The maximum Gasteiger partial charge on any atom is 0.423 e. The molecule has 136 valence electrons. The van der Waals surface area contributed by atoms with Gasteiger partial charge in [-0.25, -0.2) is 4.98 Å². The zero-order valence-corrected chi connectivity index (χ0v) is 14.8. The molecular weight excluding hydrogens is 331 g/mol. The number of nitrogens with zero attached hydrogens (tertiary/aromatic N) is 3. The van der Waals surface area contributed by atoms with Gasteiger partial charge >= 0.3 is 6.18 Å². The summed E-state index contributed by atoms with van der Waals surface area (Å²) < 4.78 is 44.9. The Hall–Kier alpha value is -2.31. The van der Waals surface area contributed by atoms with E-state index in [1.807, 2.05) is 31.2 Å². The van der Waals surface area contributed by atoms with Crippen molar-refractivity contribution in [1.29, 1.82) is 0 Å². The number of aromatic nitrogens is 2. The number of hydrogen-bond acceptors (Lipinski definition) is 4. The van der Waals surface area contributed by atoms with E-state index in [4.69, 9.17) is 4.74 Å². The molecule has 0 saturated heterocycles. The zero-order chi connectivity index (χ0) is 18.6. The first-order valence-corrected chi connectivity index (χ1v) is 8.19. The van der Waals surface area contributed by atoms with Gasteiger partial charge in [0.05, 0.1) is 6.10 Å². The van der Waals surface area contributed by atoms with E-state index in [0.29, 0.717) is 6.42 Å². The minimum atomic E-state index is -4.57. The van der Waals surface area contributed by atoms with E-state index in [1.165, 1.54) is 5.56 Å². The molecule has 1 unspecified atom stereocenters. The quantitative estimate of drug-likeness (QED) is 0.732. The van der Waals surface area contributed by atoms with E-state index in [1.54, 1.807) is 18.9 Å². The first-order valence-electron chi connectivity index (χ1n) is 8.19. The molecule has 1 heterocycles. The van der Waals surface area contributed by atoms with Crippen molar-refractivity contribution in [3.05, 3.63) is 41.6 Å². The predicted molar refractivity (Wildman–Crippen MR) is 91.3 cm³/mol. The molecule has 0 aliphatic carbocycles. The molecule has 7 heteroatoms. The molecule has 0 bridgehead atoms. The summed E-state index contributed by atoms with van der Waals surface area (Å²) in [4.78, 5) is 9.52. The second-order valence-electron chi connectivity index (χ2n) is 5.80. The van der Waals surface area contributed by atoms with E-state index in [0.717, 1.165) is 18.3 Å². The standard InChI is InChI=1S/C18H22F3N3O/c1-5-12(3)25-16-15(18(19,20)21)11-22-17(23-16)24(4)14-9-7-13(6-2)8-10-14/h7-12H,5-6H2,1-4H3. The topological polar surface area (TPSA) is 38.2 Å². The molecule has 2 rings (SSSR count). The molecule has 1 aromatic heterocycles. The maximum atomic E-state index is 13.2. The molecule has 0 aliphatic heterocycles. The number of anilines is 2. The molecule has 25 heavy (non-hydrogen) atoms. The van der Waals surface area contributed by atoms with E-state index in [2.05, 4.69) is 16.9 Å². The molecule has 0 spiro atoms. The molecule has 0 aliphatic rings. The Bertz CT molecular complexity index is 702. The van der Waals surface area contributed by atoms with Crippen molar-refractivity contribution in [1.82, 2.24) is 9.97 Å². The van der Waals surface area contributed by atoms with Crippen molar-refractivity contribution < 1.29 is 17.9 Å². The highest BCUT2D eigenvalue weighted by Crippen LogP contribution is 2.36. The van der Waals surface area contributed by atoms with Crippen LogP contribution < -0.4 is 9.64 Å². The fraction of sp³-hybridized carbons (Fsp3) is 0.444. The second kappa shape index (κ2) is 7.72. The van der Waals surface area contributed by atoms with E-state index in [-0.39, 0.29) is 12.1 Å². The van der Waals surface area contributed by atoms with Crippen molar-refractivity contribution in [2.45, 2.75) is 45.9 Å². The van der Waals surface area contributed by atoms with Crippen LogP contribution in [0.2, 0.25) is 0 Å². The summed E-state index contributed by atoms with van der Waals surface area (Å²) in [6.45, 7) is 5.59. The van der Waals surface area contributed by atoms with Crippen molar-refractivity contribution >= 4 is 11.6 Å². The van der Waals surface area contributed by atoms with Gasteiger partial charge in [0, 0.05) is 18.9 Å². The molecule has 0 amide bonds. The minimum absolute atomic E-state index is 0.149. The largest absolute Gasteiger partial charge is 0.474 e. The lowest BCUT2D eigenvalue weighted by Gasteiger charge is -2.21. The predicted octanol–water partition coefficient (Wildman–Crippen LogP) is 5.00. The van der Waals surface area contributed by atoms with Crippen LogP contribution in [0.5, 0.6) is 5.88 Å². The Morgan fingerprint density at radius 3 is 2.32 bits per heavy atom. The van der Waals surface area contributed by atoms with Gasteiger partial charge in [-0.3, -0.25) is 0 Å². The first kappa shape index (κ1) is 19.0. The summed E-state index contributed by atoms with van der Waals surface area (Å²) in [5.74, 6) is -0.292. The van der Waals surface area contributed by atoms with Crippen LogP contribution in [0.25, 0.3) is 0 Å². The van der Waals surface area contributed by atoms with Crippen molar-refractivity contribution in [3.8, 4) is 5.88 Å². The summed E-state index contributed by atoms with van der Waals surface area (Å²) in [6, 6.07) is 7.70. The summed E-state index contributed by atoms with van der Waals surface area (Å²) >= 11 is 0. The van der Waals surface area contributed by atoms with Gasteiger partial charge in [0.1, 0.15) is 5.56 Å². The average molecular weight is 353 g/mol. The van der Waals surface area contributed by atoms with Gasteiger partial charge in [-0.1, -0.05) is 26.0 Å². The monoisotopic (exact) mass is 353 g/mol. The number of hydrogen-bond donors (Lipinski definition) is 0. The highest BCUT2D eigenvalue weighted by atomic mass is 19.4. The van der Waals surface area contributed by atoms with Crippen LogP contribution in [-0.4, -0.2) is 23.1 Å². The molecule has 0 N–H and O–H groups in total. The first-order chi connectivity index (χ1) is 11.8. The molecule has 0 fully saturated rings. The van der Waals surface area contributed by atoms with Crippen LogP contribution in [0.1, 0.15) is 38.3 Å². The highest BCUT2D eigenvalue weighted by molar-refractivity contribution is 5.57. The molecule has 2 aromatic rings. The number of rotatable bonds is 6. The summed E-state index contributed by atoms with van der Waals surface area (Å²) in [5.41, 5.74) is 0.990. The lowest BCUT2D eigenvalue weighted by atomic mass is 10.1. The molecular formula is C18H22F3N3O. The zero-order valence-electron chi connectivity index (χ0n) is 14.8. The van der Waals surface area contributed by atoms with Crippen LogP contribution in [0.4, 0.5) is 24.8 Å². The van der Waals surface area contributed by atoms with Crippen LogP contribution in [0.15, 0.2) is 30.5 Å². The summed E-state index contributed by atoms with van der Waals surface area (Å²) in [6.07, 6.45) is -2.68. The third-order valence-electron chi connectivity index (χ3n) is 3.97.